The predicted octanol–water partition coefficient (Wildman–Crippen LogP) is 8.82. The van der Waals surface area contributed by atoms with Gasteiger partial charge in [0, 0.05) is 0 Å². The third kappa shape index (κ3) is 5.19. The summed E-state index contributed by atoms with van der Waals surface area (Å²) >= 11 is 0. The van der Waals surface area contributed by atoms with Crippen LogP contribution in [-0.2, 0) is 14.7 Å². The fourth-order valence-corrected chi connectivity index (χ4v) is 7.15. The quantitative estimate of drug-likeness (QED) is 0.148. The van der Waals surface area contributed by atoms with E-state index in [0.29, 0.717) is 13.2 Å². The Morgan fingerprint density at radius 3 is 1.50 bits per heavy atom. The smallest absolute Gasteiger partial charge is 0.494 e. The molecule has 1 fully saturated rings. The monoisotopic (exact) mass is 638 g/mol. The fourth-order valence-electron chi connectivity index (χ4n) is 7.15. The van der Waals surface area contributed by atoms with Gasteiger partial charge in [-0.15, -0.1) is 0 Å². The lowest BCUT2D eigenvalue weighted by Crippen LogP contribution is -2.41. The van der Waals surface area contributed by atoms with Crippen molar-refractivity contribution in [2.45, 2.75) is 58.2 Å². The summed E-state index contributed by atoms with van der Waals surface area (Å²) in [6, 6.07) is 39.0. The molecule has 1 aliphatic carbocycles. The Kier molecular flexibility index (Phi) is 8.13. The second-order valence-corrected chi connectivity index (χ2v) is 13.5. The summed E-state index contributed by atoms with van der Waals surface area (Å²) in [6.45, 7) is 13.6. The van der Waals surface area contributed by atoms with Gasteiger partial charge in [-0.05, 0) is 134 Å². The van der Waals surface area contributed by atoms with Crippen LogP contribution >= 0.6 is 0 Å². The van der Waals surface area contributed by atoms with Crippen molar-refractivity contribution in [3.05, 3.63) is 131 Å². The van der Waals surface area contributed by atoms with Crippen LogP contribution in [0.4, 0.5) is 0 Å². The molecule has 0 radical (unpaired) electrons. The zero-order chi connectivity index (χ0) is 33.7. The first-order chi connectivity index (χ1) is 23.1. The van der Waals surface area contributed by atoms with Gasteiger partial charge in [0.15, 0.2) is 0 Å². The second-order valence-electron chi connectivity index (χ2n) is 13.5. The van der Waals surface area contributed by atoms with Crippen LogP contribution in [0.1, 0.15) is 63.8 Å². The number of rotatable bonds is 9. The second kappa shape index (κ2) is 12.2. The first-order valence-corrected chi connectivity index (χ1v) is 16.9. The maximum atomic E-state index is 6.58. The molecule has 0 bridgehead atoms. The van der Waals surface area contributed by atoms with Gasteiger partial charge < -0.3 is 23.5 Å². The van der Waals surface area contributed by atoms with Crippen molar-refractivity contribution in [2.24, 2.45) is 0 Å². The molecule has 1 aliphatic heterocycles. The average molecular weight is 639 g/mol. The highest BCUT2D eigenvalue weighted by Gasteiger charge is 2.53. The van der Waals surface area contributed by atoms with Crippen molar-refractivity contribution in [2.75, 3.05) is 20.3 Å². The van der Waals surface area contributed by atoms with Crippen molar-refractivity contribution >= 4 is 12.6 Å². The minimum Gasteiger partial charge on any atom is -0.497 e. The summed E-state index contributed by atoms with van der Waals surface area (Å²) in [5, 5.41) is 0. The lowest BCUT2D eigenvalue weighted by atomic mass is 9.66. The van der Waals surface area contributed by atoms with Gasteiger partial charge in [-0.2, -0.15) is 0 Å². The molecule has 5 aromatic rings. The van der Waals surface area contributed by atoms with Gasteiger partial charge in [-0.25, -0.2) is 0 Å². The SMILES string of the molecule is CCOc1ccc(C2(c3ccc(OCC)cc3)c3cc(B4OC(C)(C)C(C)(C)O4)ccc3-c3ccc(-c4ccc(OC)cc4)cc32)cc1. The molecular formula is C42H43BO5. The number of benzene rings is 5. The van der Waals surface area contributed by atoms with Crippen LogP contribution < -0.4 is 19.7 Å². The van der Waals surface area contributed by atoms with Gasteiger partial charge in [0.2, 0.25) is 0 Å². The summed E-state index contributed by atoms with van der Waals surface area (Å²) in [4.78, 5) is 0. The van der Waals surface area contributed by atoms with E-state index in [-0.39, 0.29) is 0 Å². The van der Waals surface area contributed by atoms with E-state index in [0.717, 1.165) is 45.0 Å². The zero-order valence-electron chi connectivity index (χ0n) is 28.9. The third-order valence-corrected chi connectivity index (χ3v) is 10.3. The minimum absolute atomic E-state index is 0.450. The number of hydrogen-bond acceptors (Lipinski definition) is 5. The highest BCUT2D eigenvalue weighted by atomic mass is 16.7. The van der Waals surface area contributed by atoms with E-state index >= 15 is 0 Å². The van der Waals surface area contributed by atoms with Gasteiger partial charge in [0.05, 0.1) is 36.9 Å². The average Bonchev–Trinajstić information content (AvgIpc) is 3.51. The van der Waals surface area contributed by atoms with Crippen LogP contribution in [0.2, 0.25) is 0 Å². The summed E-state index contributed by atoms with van der Waals surface area (Å²) in [6.07, 6.45) is 0. The highest BCUT2D eigenvalue weighted by Crippen LogP contribution is 2.57. The molecule has 1 saturated heterocycles. The Hall–Kier alpha value is -4.52. The number of ether oxygens (including phenoxy) is 3. The van der Waals surface area contributed by atoms with Crippen LogP contribution in [0.5, 0.6) is 17.2 Å². The number of hydrogen-bond donors (Lipinski definition) is 0. The summed E-state index contributed by atoms with van der Waals surface area (Å²) in [7, 11) is 1.21. The predicted molar refractivity (Wildman–Crippen MR) is 194 cm³/mol. The van der Waals surface area contributed by atoms with E-state index in [1.54, 1.807) is 7.11 Å². The van der Waals surface area contributed by atoms with Gasteiger partial charge in [-0.3, -0.25) is 0 Å². The van der Waals surface area contributed by atoms with E-state index in [1.165, 1.54) is 22.3 Å². The van der Waals surface area contributed by atoms with Crippen molar-refractivity contribution in [3.8, 4) is 39.5 Å². The molecule has 48 heavy (non-hydrogen) atoms. The van der Waals surface area contributed by atoms with Crippen molar-refractivity contribution in [1.29, 1.82) is 0 Å². The summed E-state index contributed by atoms with van der Waals surface area (Å²) < 4.78 is 30.4. The van der Waals surface area contributed by atoms with Crippen molar-refractivity contribution in [3.63, 3.8) is 0 Å². The van der Waals surface area contributed by atoms with Crippen LogP contribution in [0.15, 0.2) is 109 Å². The molecule has 0 atom stereocenters. The van der Waals surface area contributed by atoms with Crippen LogP contribution in [0.25, 0.3) is 22.3 Å². The van der Waals surface area contributed by atoms with E-state index < -0.39 is 23.7 Å². The molecule has 2 aliphatic rings. The highest BCUT2D eigenvalue weighted by molar-refractivity contribution is 6.62. The fraction of sp³-hybridized carbons (Fsp3) is 0.286. The molecule has 0 N–H and O–H groups in total. The van der Waals surface area contributed by atoms with Crippen LogP contribution in [-0.4, -0.2) is 38.6 Å². The molecular weight excluding hydrogens is 595 g/mol. The lowest BCUT2D eigenvalue weighted by Gasteiger charge is -2.34. The first-order valence-electron chi connectivity index (χ1n) is 16.9. The van der Waals surface area contributed by atoms with Crippen LogP contribution in [0, 0.1) is 0 Å². The molecule has 0 saturated carbocycles. The van der Waals surface area contributed by atoms with E-state index in [4.69, 9.17) is 23.5 Å². The lowest BCUT2D eigenvalue weighted by molar-refractivity contribution is 0.00578. The minimum atomic E-state index is -0.651. The number of methoxy groups -OCH3 is 1. The molecule has 1 heterocycles. The molecule has 0 spiro atoms. The first kappa shape index (κ1) is 32.1. The Morgan fingerprint density at radius 2 is 1.00 bits per heavy atom. The Labute approximate surface area is 284 Å². The maximum absolute atomic E-state index is 6.58. The summed E-state index contributed by atoms with van der Waals surface area (Å²) in [5.74, 6) is 2.53. The van der Waals surface area contributed by atoms with Gasteiger partial charge in [-0.1, -0.05) is 66.7 Å². The molecule has 5 aromatic carbocycles. The largest absolute Gasteiger partial charge is 0.497 e. The zero-order valence-corrected chi connectivity index (χ0v) is 28.9. The van der Waals surface area contributed by atoms with Crippen LogP contribution in [0.3, 0.4) is 0 Å². The third-order valence-electron chi connectivity index (χ3n) is 10.3. The maximum Gasteiger partial charge on any atom is 0.494 e. The van der Waals surface area contributed by atoms with Crippen molar-refractivity contribution < 1.29 is 23.5 Å². The topological polar surface area (TPSA) is 46.2 Å². The molecule has 0 amide bonds. The number of fused-ring (bicyclic) bond motifs is 3. The molecule has 244 valence electrons. The summed E-state index contributed by atoms with van der Waals surface area (Å²) in [5.41, 5.74) is 8.79. The van der Waals surface area contributed by atoms with E-state index in [1.807, 2.05) is 26.0 Å². The Balaban J connectivity index is 1.50. The Bertz CT molecular complexity index is 1860. The van der Waals surface area contributed by atoms with E-state index in [2.05, 4.69) is 125 Å². The molecule has 0 unspecified atom stereocenters. The van der Waals surface area contributed by atoms with Gasteiger partial charge >= 0.3 is 7.12 Å². The van der Waals surface area contributed by atoms with Gasteiger partial charge in [0.1, 0.15) is 17.2 Å². The Morgan fingerprint density at radius 1 is 0.542 bits per heavy atom. The molecule has 7 rings (SSSR count). The molecule has 5 nitrogen and oxygen atoms in total. The van der Waals surface area contributed by atoms with Crippen molar-refractivity contribution in [1.82, 2.24) is 0 Å². The standard InChI is InChI=1S/C42H43BO5/c1-8-45-34-20-13-30(14-21-34)42(31-15-22-35(23-16-31)46-9-2)38-26-29(28-10-18-33(44-7)19-11-28)12-24-36(38)37-25-17-32(27-39(37)42)43-47-40(3,4)41(5,6)48-43/h10-27H,8-9H2,1-7H3. The van der Waals surface area contributed by atoms with Gasteiger partial charge in [0.25, 0.3) is 0 Å². The molecule has 6 heteroatoms. The molecule has 0 aromatic heterocycles. The normalized spacial score (nSPS) is 16.7. The van der Waals surface area contributed by atoms with E-state index in [9.17, 15) is 0 Å².